The Morgan fingerprint density at radius 3 is 2.32 bits per heavy atom. The van der Waals surface area contributed by atoms with Crippen molar-refractivity contribution in [3.63, 3.8) is 0 Å². The van der Waals surface area contributed by atoms with E-state index in [9.17, 15) is 13.2 Å². The fraction of sp³-hybridized carbons (Fsp3) is 0.350. The first-order chi connectivity index (χ1) is 13.3. The zero-order chi connectivity index (χ0) is 20.7. The lowest BCUT2D eigenvalue weighted by Gasteiger charge is -2.21. The molecule has 0 saturated carbocycles. The van der Waals surface area contributed by atoms with Gasteiger partial charge >= 0.3 is 0 Å². The van der Waals surface area contributed by atoms with Crippen molar-refractivity contribution in [2.75, 3.05) is 26.7 Å². The van der Waals surface area contributed by atoms with Gasteiger partial charge in [0.1, 0.15) is 10.6 Å². The van der Waals surface area contributed by atoms with Crippen molar-refractivity contribution >= 4 is 27.5 Å². The first-order valence-electron chi connectivity index (χ1n) is 9.00. The van der Waals surface area contributed by atoms with Crippen LogP contribution in [0.3, 0.4) is 0 Å². The molecule has 6 nitrogen and oxygen atoms in total. The molecule has 0 bridgehead atoms. The van der Waals surface area contributed by atoms with E-state index in [1.807, 2.05) is 30.3 Å². The highest BCUT2D eigenvalue weighted by molar-refractivity contribution is 7.89. The quantitative estimate of drug-likeness (QED) is 0.618. The second kappa shape index (κ2) is 9.91. The Labute approximate surface area is 171 Å². The van der Waals surface area contributed by atoms with Crippen molar-refractivity contribution in [2.45, 2.75) is 25.3 Å². The third-order valence-electron chi connectivity index (χ3n) is 4.27. The van der Waals surface area contributed by atoms with Gasteiger partial charge in [0.25, 0.3) is 5.91 Å². The Balaban J connectivity index is 2.15. The number of rotatable bonds is 9. The summed E-state index contributed by atoms with van der Waals surface area (Å²) in [5.41, 5.74) is 0.995. The number of nitrogens with zero attached hydrogens (tertiary/aromatic N) is 2. The number of ether oxygens (including phenoxy) is 1. The smallest absolute Gasteiger partial charge is 0.260 e. The molecule has 0 atom stereocenters. The van der Waals surface area contributed by atoms with E-state index in [0.717, 1.165) is 5.56 Å². The van der Waals surface area contributed by atoms with Crippen LogP contribution in [-0.4, -0.2) is 50.3 Å². The molecule has 0 radical (unpaired) electrons. The van der Waals surface area contributed by atoms with Crippen LogP contribution in [0.15, 0.2) is 53.4 Å². The minimum absolute atomic E-state index is 0.0396. The van der Waals surface area contributed by atoms with Gasteiger partial charge in [0.15, 0.2) is 6.61 Å². The topological polar surface area (TPSA) is 66.9 Å². The maximum absolute atomic E-state index is 12.9. The molecule has 2 aromatic carbocycles. The van der Waals surface area contributed by atoms with Crippen molar-refractivity contribution < 1.29 is 17.9 Å². The molecule has 0 fully saturated rings. The van der Waals surface area contributed by atoms with Crippen molar-refractivity contribution in [1.29, 1.82) is 0 Å². The summed E-state index contributed by atoms with van der Waals surface area (Å²) < 4.78 is 32.7. The molecule has 0 spiro atoms. The molecule has 0 saturated heterocycles. The van der Waals surface area contributed by atoms with Crippen LogP contribution in [0.2, 0.25) is 5.02 Å². The Morgan fingerprint density at radius 2 is 1.71 bits per heavy atom. The summed E-state index contributed by atoms with van der Waals surface area (Å²) in [5.74, 6) is -0.150. The lowest BCUT2D eigenvalue weighted by atomic mass is 10.2. The second-order valence-electron chi connectivity index (χ2n) is 6.20. The molecule has 0 heterocycles. The van der Waals surface area contributed by atoms with Gasteiger partial charge in [-0.2, -0.15) is 4.31 Å². The first-order valence-corrected chi connectivity index (χ1v) is 10.8. The molecular formula is C20H25ClN2O4S. The van der Waals surface area contributed by atoms with Crippen LogP contribution >= 0.6 is 11.6 Å². The van der Waals surface area contributed by atoms with Gasteiger partial charge in [0, 0.05) is 31.7 Å². The van der Waals surface area contributed by atoms with Crippen LogP contribution in [0.5, 0.6) is 5.75 Å². The molecule has 152 valence electrons. The van der Waals surface area contributed by atoms with Crippen LogP contribution < -0.4 is 4.74 Å². The van der Waals surface area contributed by atoms with Gasteiger partial charge in [0.05, 0.1) is 0 Å². The van der Waals surface area contributed by atoms with Crippen LogP contribution in [0.25, 0.3) is 0 Å². The molecule has 28 heavy (non-hydrogen) atoms. The number of benzene rings is 2. The lowest BCUT2D eigenvalue weighted by Crippen LogP contribution is -2.32. The lowest BCUT2D eigenvalue weighted by molar-refractivity contribution is -0.132. The highest BCUT2D eigenvalue weighted by atomic mass is 35.5. The normalized spacial score (nSPS) is 11.5. The molecule has 2 rings (SSSR count). The summed E-state index contributed by atoms with van der Waals surface area (Å²) in [6, 6.07) is 13.9. The number of carbonyl (C=O) groups is 1. The number of hydrogen-bond acceptors (Lipinski definition) is 4. The zero-order valence-electron chi connectivity index (χ0n) is 16.3. The number of carbonyl (C=O) groups excluding carboxylic acids is 1. The zero-order valence-corrected chi connectivity index (χ0v) is 17.8. The number of halogens is 1. The SMILES string of the molecule is CCN(CC)S(=O)(=O)c1cc(Cl)ccc1OCC(=O)N(C)Cc1ccccc1. The van der Waals surface area contributed by atoms with Gasteiger partial charge in [0.2, 0.25) is 10.0 Å². The van der Waals surface area contributed by atoms with Gasteiger partial charge < -0.3 is 9.64 Å². The maximum atomic E-state index is 12.9. The van der Waals surface area contributed by atoms with Crippen LogP contribution in [0, 0.1) is 0 Å². The van der Waals surface area contributed by atoms with E-state index in [1.165, 1.54) is 27.4 Å². The molecular weight excluding hydrogens is 400 g/mol. The van der Waals surface area contributed by atoms with Gasteiger partial charge in [-0.15, -0.1) is 0 Å². The highest BCUT2D eigenvalue weighted by Gasteiger charge is 2.26. The van der Waals surface area contributed by atoms with Crippen molar-refractivity contribution in [3.8, 4) is 5.75 Å². The predicted molar refractivity (Wildman–Crippen MR) is 110 cm³/mol. The maximum Gasteiger partial charge on any atom is 0.260 e. The minimum atomic E-state index is -3.77. The Bertz CT molecular complexity index is 900. The summed E-state index contributed by atoms with van der Waals surface area (Å²) >= 11 is 6.00. The van der Waals surface area contributed by atoms with Crippen molar-refractivity contribution in [1.82, 2.24) is 9.21 Å². The molecule has 0 aromatic heterocycles. The number of sulfonamides is 1. The first kappa shape index (κ1) is 22.2. The summed E-state index contributed by atoms with van der Waals surface area (Å²) in [7, 11) is -2.10. The fourth-order valence-corrected chi connectivity index (χ4v) is 4.55. The van der Waals surface area contributed by atoms with Crippen LogP contribution in [0.1, 0.15) is 19.4 Å². The fourth-order valence-electron chi connectivity index (χ4n) is 2.70. The third kappa shape index (κ3) is 5.47. The third-order valence-corrected chi connectivity index (χ3v) is 6.57. The van der Waals surface area contributed by atoms with Crippen LogP contribution in [0.4, 0.5) is 0 Å². The predicted octanol–water partition coefficient (Wildman–Crippen LogP) is 3.41. The van der Waals surface area contributed by atoms with Gasteiger partial charge in [-0.1, -0.05) is 55.8 Å². The largest absolute Gasteiger partial charge is 0.482 e. The highest BCUT2D eigenvalue weighted by Crippen LogP contribution is 2.30. The summed E-state index contributed by atoms with van der Waals surface area (Å²) in [4.78, 5) is 13.9. The average molecular weight is 425 g/mol. The molecule has 1 amide bonds. The Kier molecular flexibility index (Phi) is 7.86. The van der Waals surface area contributed by atoms with E-state index in [2.05, 4.69) is 0 Å². The molecule has 0 unspecified atom stereocenters. The van der Waals surface area contributed by atoms with E-state index in [4.69, 9.17) is 16.3 Å². The van der Waals surface area contributed by atoms with Gasteiger partial charge in [-0.25, -0.2) is 8.42 Å². The Hall–Kier alpha value is -2.09. The molecule has 0 N–H and O–H groups in total. The summed E-state index contributed by atoms with van der Waals surface area (Å²) in [6.45, 7) is 4.33. The number of amides is 1. The molecule has 0 aliphatic rings. The van der Waals surface area contributed by atoms with E-state index in [-0.39, 0.29) is 28.2 Å². The molecule has 8 heteroatoms. The van der Waals surface area contributed by atoms with E-state index < -0.39 is 10.0 Å². The van der Waals surface area contributed by atoms with Gasteiger partial charge in [-0.05, 0) is 23.8 Å². The molecule has 0 aliphatic heterocycles. The van der Waals surface area contributed by atoms with E-state index in [1.54, 1.807) is 20.9 Å². The van der Waals surface area contributed by atoms with E-state index >= 15 is 0 Å². The monoisotopic (exact) mass is 424 g/mol. The van der Waals surface area contributed by atoms with Gasteiger partial charge in [-0.3, -0.25) is 4.79 Å². The number of hydrogen-bond donors (Lipinski definition) is 0. The van der Waals surface area contributed by atoms with Crippen molar-refractivity contribution in [3.05, 3.63) is 59.1 Å². The summed E-state index contributed by atoms with van der Waals surface area (Å²) in [6.07, 6.45) is 0. The molecule has 0 aliphatic carbocycles. The van der Waals surface area contributed by atoms with Crippen molar-refractivity contribution in [2.24, 2.45) is 0 Å². The van der Waals surface area contributed by atoms with Crippen LogP contribution in [-0.2, 0) is 21.4 Å². The number of likely N-dealkylation sites (N-methyl/N-ethyl adjacent to an activating group) is 1. The standard InChI is InChI=1S/C20H25ClN2O4S/c1-4-23(5-2)28(25,26)19-13-17(21)11-12-18(19)27-15-20(24)22(3)14-16-9-7-6-8-10-16/h6-13H,4-5,14-15H2,1-3H3. The minimum Gasteiger partial charge on any atom is -0.482 e. The Morgan fingerprint density at radius 1 is 1.07 bits per heavy atom. The summed E-state index contributed by atoms with van der Waals surface area (Å²) in [5, 5.41) is 0.283. The average Bonchev–Trinajstić information content (AvgIpc) is 2.68. The van der Waals surface area contributed by atoms with E-state index in [0.29, 0.717) is 19.6 Å². The second-order valence-corrected chi connectivity index (χ2v) is 8.55. The molecule has 2 aromatic rings.